The Morgan fingerprint density at radius 3 is 3.22 bits per heavy atom. The first-order valence-electron chi connectivity index (χ1n) is 5.70. The number of hydrogen-bond donors (Lipinski definition) is 1. The summed E-state index contributed by atoms with van der Waals surface area (Å²) in [7, 11) is 0. The zero-order valence-corrected chi connectivity index (χ0v) is 10.5. The molecule has 1 saturated heterocycles. The smallest absolute Gasteiger partial charge is 0.154 e. The van der Waals surface area contributed by atoms with Gasteiger partial charge in [-0.3, -0.25) is 0 Å². The van der Waals surface area contributed by atoms with Gasteiger partial charge in [0.2, 0.25) is 0 Å². The molecule has 0 saturated carbocycles. The van der Waals surface area contributed by atoms with E-state index in [1.54, 1.807) is 16.9 Å². The number of nitrogens with two attached hydrogens (primary N) is 1. The van der Waals surface area contributed by atoms with E-state index < -0.39 is 0 Å². The van der Waals surface area contributed by atoms with Crippen molar-refractivity contribution in [3.8, 4) is 0 Å². The summed E-state index contributed by atoms with van der Waals surface area (Å²) in [4.78, 5) is 6.94. The summed E-state index contributed by atoms with van der Waals surface area (Å²) < 4.78 is 7.33. The van der Waals surface area contributed by atoms with Crippen LogP contribution in [-0.2, 0) is 4.74 Å². The molecule has 94 valence electrons. The van der Waals surface area contributed by atoms with Gasteiger partial charge in [-0.1, -0.05) is 12.2 Å². The van der Waals surface area contributed by atoms with Crippen molar-refractivity contribution < 1.29 is 4.74 Å². The van der Waals surface area contributed by atoms with Crippen LogP contribution in [0.2, 0.25) is 0 Å². The molecular weight excluding hydrogens is 250 g/mol. The average Bonchev–Trinajstić information content (AvgIpc) is 2.87. The lowest BCUT2D eigenvalue weighted by molar-refractivity contribution is 0.0845. The molecule has 1 fully saturated rings. The van der Waals surface area contributed by atoms with Crippen molar-refractivity contribution in [2.24, 2.45) is 5.73 Å². The molecule has 18 heavy (non-hydrogen) atoms. The zero-order valence-electron chi connectivity index (χ0n) is 9.69. The van der Waals surface area contributed by atoms with Crippen molar-refractivity contribution in [2.45, 2.75) is 6.10 Å². The predicted molar refractivity (Wildman–Crippen MR) is 71.7 cm³/mol. The normalized spacial score (nSPS) is 20.2. The average molecular weight is 263 g/mol. The minimum atomic E-state index is -0.210. The van der Waals surface area contributed by atoms with Gasteiger partial charge in [0.25, 0.3) is 0 Å². The fourth-order valence-electron chi connectivity index (χ4n) is 2.10. The molecule has 0 amide bonds. The largest absolute Gasteiger partial charge is 0.391 e. The lowest BCUT2D eigenvalue weighted by Gasteiger charge is -2.33. The number of anilines is 1. The van der Waals surface area contributed by atoms with E-state index in [1.165, 1.54) is 0 Å². The Bertz CT molecular complexity index is 584. The van der Waals surface area contributed by atoms with Gasteiger partial charge in [-0.15, -0.1) is 0 Å². The summed E-state index contributed by atoms with van der Waals surface area (Å²) in [6, 6.07) is 1.94. The summed E-state index contributed by atoms with van der Waals surface area (Å²) in [5, 5.41) is 4.20. The molecule has 6 nitrogen and oxygen atoms in total. The van der Waals surface area contributed by atoms with Crippen LogP contribution in [0.5, 0.6) is 0 Å². The van der Waals surface area contributed by atoms with Crippen LogP contribution in [0, 0.1) is 0 Å². The lowest BCUT2D eigenvalue weighted by Crippen LogP contribution is -2.48. The SMILES string of the molecule is NC(=S)C1CN(c2nccn3nccc23)CCO1. The number of aromatic nitrogens is 3. The van der Waals surface area contributed by atoms with Gasteiger partial charge in [-0.25, -0.2) is 9.50 Å². The van der Waals surface area contributed by atoms with Crippen molar-refractivity contribution in [3.63, 3.8) is 0 Å². The van der Waals surface area contributed by atoms with E-state index >= 15 is 0 Å². The topological polar surface area (TPSA) is 68.7 Å². The fourth-order valence-corrected chi connectivity index (χ4v) is 2.24. The van der Waals surface area contributed by atoms with Gasteiger partial charge in [0.15, 0.2) is 5.82 Å². The number of rotatable bonds is 2. The molecule has 2 aromatic heterocycles. The van der Waals surface area contributed by atoms with Gasteiger partial charge < -0.3 is 15.4 Å². The molecule has 3 rings (SSSR count). The molecule has 1 aliphatic rings. The maximum atomic E-state index is 5.64. The molecule has 1 unspecified atom stereocenters. The van der Waals surface area contributed by atoms with Crippen LogP contribution in [0.3, 0.4) is 0 Å². The van der Waals surface area contributed by atoms with E-state index in [0.717, 1.165) is 17.9 Å². The third-order valence-electron chi connectivity index (χ3n) is 2.99. The van der Waals surface area contributed by atoms with Gasteiger partial charge >= 0.3 is 0 Å². The number of fused-ring (bicyclic) bond motifs is 1. The van der Waals surface area contributed by atoms with Crippen molar-refractivity contribution >= 4 is 28.5 Å². The Kier molecular flexibility index (Phi) is 2.85. The van der Waals surface area contributed by atoms with Crippen LogP contribution in [0.1, 0.15) is 0 Å². The first-order chi connectivity index (χ1) is 8.75. The van der Waals surface area contributed by atoms with Gasteiger partial charge in [0.05, 0.1) is 19.3 Å². The third kappa shape index (κ3) is 1.91. The van der Waals surface area contributed by atoms with Crippen LogP contribution >= 0.6 is 12.2 Å². The zero-order chi connectivity index (χ0) is 12.5. The van der Waals surface area contributed by atoms with Crippen molar-refractivity contribution in [1.29, 1.82) is 0 Å². The molecule has 1 aliphatic heterocycles. The summed E-state index contributed by atoms with van der Waals surface area (Å²) >= 11 is 4.99. The third-order valence-corrected chi connectivity index (χ3v) is 3.25. The highest BCUT2D eigenvalue weighted by Crippen LogP contribution is 2.20. The van der Waals surface area contributed by atoms with E-state index in [0.29, 0.717) is 18.1 Å². The lowest BCUT2D eigenvalue weighted by atomic mass is 10.2. The highest BCUT2D eigenvalue weighted by atomic mass is 32.1. The summed E-state index contributed by atoms with van der Waals surface area (Å²) in [6.45, 7) is 2.00. The van der Waals surface area contributed by atoms with Crippen LogP contribution < -0.4 is 10.6 Å². The quantitative estimate of drug-likeness (QED) is 0.782. The molecule has 0 radical (unpaired) electrons. The van der Waals surface area contributed by atoms with Crippen molar-refractivity contribution in [2.75, 3.05) is 24.6 Å². The second-order valence-corrected chi connectivity index (χ2v) is 4.59. The Labute approximate surface area is 109 Å². The molecule has 0 aromatic carbocycles. The Balaban J connectivity index is 1.94. The molecule has 2 aromatic rings. The molecule has 7 heteroatoms. The standard InChI is InChI=1S/C11H13N5OS/c12-10(18)9-7-15(5-6-17-9)11-8-1-2-14-16(8)4-3-13-11/h1-4,9H,5-7H2,(H2,12,18). The summed E-state index contributed by atoms with van der Waals surface area (Å²) in [5.74, 6) is 0.888. The van der Waals surface area contributed by atoms with E-state index in [9.17, 15) is 0 Å². The van der Waals surface area contributed by atoms with Gasteiger partial charge in [0, 0.05) is 18.9 Å². The molecule has 3 heterocycles. The minimum Gasteiger partial charge on any atom is -0.391 e. The van der Waals surface area contributed by atoms with E-state index in [2.05, 4.69) is 15.0 Å². The minimum absolute atomic E-state index is 0.210. The second kappa shape index (κ2) is 4.51. The molecule has 0 bridgehead atoms. The van der Waals surface area contributed by atoms with Gasteiger partial charge in [-0.2, -0.15) is 5.10 Å². The number of hydrogen-bond acceptors (Lipinski definition) is 5. The summed E-state index contributed by atoms with van der Waals surface area (Å²) in [6.07, 6.45) is 5.11. The van der Waals surface area contributed by atoms with Gasteiger partial charge in [-0.05, 0) is 6.07 Å². The van der Waals surface area contributed by atoms with Crippen LogP contribution in [0.15, 0.2) is 24.7 Å². The van der Waals surface area contributed by atoms with Crippen LogP contribution in [0.4, 0.5) is 5.82 Å². The molecule has 2 N–H and O–H groups in total. The predicted octanol–water partition coefficient (Wildman–Crippen LogP) is 0.221. The number of ether oxygens (including phenoxy) is 1. The van der Waals surface area contributed by atoms with E-state index in [4.69, 9.17) is 22.7 Å². The van der Waals surface area contributed by atoms with E-state index in [1.807, 2.05) is 12.3 Å². The molecular formula is C11H13N5OS. The first kappa shape index (κ1) is 11.4. The number of nitrogens with zero attached hydrogens (tertiary/aromatic N) is 4. The Morgan fingerprint density at radius 2 is 2.39 bits per heavy atom. The van der Waals surface area contributed by atoms with Crippen LogP contribution in [-0.4, -0.2) is 45.4 Å². The highest BCUT2D eigenvalue weighted by Gasteiger charge is 2.24. The van der Waals surface area contributed by atoms with Crippen molar-refractivity contribution in [1.82, 2.24) is 14.6 Å². The molecule has 1 atom stereocenters. The van der Waals surface area contributed by atoms with Crippen LogP contribution in [0.25, 0.3) is 5.52 Å². The molecule has 0 aliphatic carbocycles. The second-order valence-electron chi connectivity index (χ2n) is 4.12. The monoisotopic (exact) mass is 263 g/mol. The summed E-state index contributed by atoms with van der Waals surface area (Å²) in [5.41, 5.74) is 6.62. The fraction of sp³-hybridized carbons (Fsp3) is 0.364. The Morgan fingerprint density at radius 1 is 1.50 bits per heavy atom. The maximum Gasteiger partial charge on any atom is 0.154 e. The number of morpholine rings is 1. The van der Waals surface area contributed by atoms with E-state index in [-0.39, 0.29) is 6.10 Å². The Hall–Kier alpha value is -1.73. The maximum absolute atomic E-state index is 5.64. The van der Waals surface area contributed by atoms with Crippen molar-refractivity contribution in [3.05, 3.63) is 24.7 Å². The first-order valence-corrected chi connectivity index (χ1v) is 6.11. The molecule has 0 spiro atoms. The highest BCUT2D eigenvalue weighted by molar-refractivity contribution is 7.80. The van der Waals surface area contributed by atoms with Gasteiger partial charge in [0.1, 0.15) is 16.6 Å². The number of thiocarbonyl (C=S) groups is 1.